The summed E-state index contributed by atoms with van der Waals surface area (Å²) in [6.07, 6.45) is 1.09. The van der Waals surface area contributed by atoms with Gasteiger partial charge in [-0.25, -0.2) is 0 Å². The molecule has 66 valence electrons. The number of hydrogen-bond donors (Lipinski definition) is 3. The summed E-state index contributed by atoms with van der Waals surface area (Å²) in [4.78, 5) is 11.0. The fourth-order valence-electron chi connectivity index (χ4n) is 0.676. The predicted molar refractivity (Wildman–Crippen MR) is 42.7 cm³/mol. The molecular formula is C7H16N2O2. The number of carbonyl (C=O) groups excluding carboxylic acids is 1. The van der Waals surface area contributed by atoms with Gasteiger partial charge in [-0.2, -0.15) is 0 Å². The lowest BCUT2D eigenvalue weighted by Crippen LogP contribution is -2.47. The number of rotatable bonds is 5. The van der Waals surface area contributed by atoms with Gasteiger partial charge >= 0.3 is 0 Å². The summed E-state index contributed by atoms with van der Waals surface area (Å²) in [5, 5.41) is 9.21. The third-order valence-electron chi connectivity index (χ3n) is 1.63. The topological polar surface area (TPSA) is 89.3 Å². The normalized spacial score (nSPS) is 16.0. The molecule has 4 nitrogen and oxygen atoms in total. The lowest BCUT2D eigenvalue weighted by atomic mass is 10.0. The largest absolute Gasteiger partial charge is 0.369 e. The van der Waals surface area contributed by atoms with E-state index in [4.69, 9.17) is 11.5 Å². The molecule has 0 aliphatic carbocycles. The first-order valence-corrected chi connectivity index (χ1v) is 3.79. The van der Waals surface area contributed by atoms with Gasteiger partial charge in [0, 0.05) is 6.42 Å². The van der Waals surface area contributed by atoms with Crippen molar-refractivity contribution in [1.82, 2.24) is 0 Å². The summed E-state index contributed by atoms with van der Waals surface area (Å²) in [5.74, 6) is -0.328. The van der Waals surface area contributed by atoms with Crippen LogP contribution >= 0.6 is 0 Å². The van der Waals surface area contributed by atoms with Crippen molar-refractivity contribution in [2.75, 3.05) is 6.54 Å². The Morgan fingerprint density at radius 1 is 1.64 bits per heavy atom. The van der Waals surface area contributed by atoms with Gasteiger partial charge in [0.15, 0.2) is 11.5 Å². The zero-order valence-electron chi connectivity index (χ0n) is 6.84. The Hall–Kier alpha value is -0.450. The van der Waals surface area contributed by atoms with E-state index in [1.807, 2.05) is 0 Å². The van der Waals surface area contributed by atoms with E-state index >= 15 is 0 Å². The molecule has 0 aromatic rings. The first kappa shape index (κ1) is 10.6. The van der Waals surface area contributed by atoms with E-state index in [2.05, 4.69) is 0 Å². The lowest BCUT2D eigenvalue weighted by molar-refractivity contribution is -0.137. The average Bonchev–Trinajstić information content (AvgIpc) is 2.00. The summed E-state index contributed by atoms with van der Waals surface area (Å²) in [6, 6.07) is 0. The second-order valence-electron chi connectivity index (χ2n) is 2.59. The van der Waals surface area contributed by atoms with Crippen LogP contribution in [0.15, 0.2) is 0 Å². The van der Waals surface area contributed by atoms with Gasteiger partial charge < -0.3 is 10.8 Å². The molecule has 0 radical (unpaired) electrons. The Balaban J connectivity index is 3.82. The Morgan fingerprint density at radius 3 is 2.55 bits per heavy atom. The fourth-order valence-corrected chi connectivity index (χ4v) is 0.676. The highest BCUT2D eigenvalue weighted by molar-refractivity contribution is 5.86. The maximum atomic E-state index is 11.0. The molecule has 11 heavy (non-hydrogen) atoms. The SMILES string of the molecule is CCC(N)(O)C(=O)CCCN. The van der Waals surface area contributed by atoms with Gasteiger partial charge in [-0.05, 0) is 19.4 Å². The maximum Gasteiger partial charge on any atom is 0.179 e. The molecule has 0 saturated heterocycles. The van der Waals surface area contributed by atoms with Crippen LogP contribution in [0.2, 0.25) is 0 Å². The van der Waals surface area contributed by atoms with Crippen molar-refractivity contribution in [3.63, 3.8) is 0 Å². The molecule has 0 saturated carbocycles. The smallest absolute Gasteiger partial charge is 0.179 e. The van der Waals surface area contributed by atoms with Gasteiger partial charge in [-0.15, -0.1) is 0 Å². The quantitative estimate of drug-likeness (QED) is 0.466. The van der Waals surface area contributed by atoms with Crippen molar-refractivity contribution >= 4 is 5.78 Å². The van der Waals surface area contributed by atoms with Crippen LogP contribution in [0.25, 0.3) is 0 Å². The van der Waals surface area contributed by atoms with Crippen molar-refractivity contribution in [1.29, 1.82) is 0 Å². The average molecular weight is 160 g/mol. The van der Waals surface area contributed by atoms with Crippen LogP contribution < -0.4 is 11.5 Å². The third kappa shape index (κ3) is 3.46. The minimum atomic E-state index is -1.64. The molecule has 0 aliphatic rings. The summed E-state index contributed by atoms with van der Waals surface area (Å²) >= 11 is 0. The van der Waals surface area contributed by atoms with E-state index in [1.165, 1.54) is 0 Å². The molecule has 0 aliphatic heterocycles. The number of ketones is 1. The Morgan fingerprint density at radius 2 is 2.18 bits per heavy atom. The first-order valence-electron chi connectivity index (χ1n) is 3.79. The van der Waals surface area contributed by atoms with Gasteiger partial charge in [0.25, 0.3) is 0 Å². The minimum Gasteiger partial charge on any atom is -0.369 e. The molecule has 1 unspecified atom stereocenters. The highest BCUT2D eigenvalue weighted by Gasteiger charge is 2.27. The van der Waals surface area contributed by atoms with Gasteiger partial charge in [0.2, 0.25) is 0 Å². The Bertz CT molecular complexity index is 134. The zero-order valence-corrected chi connectivity index (χ0v) is 6.84. The number of Topliss-reactive ketones (excluding diaryl/α,β-unsaturated/α-hetero) is 1. The maximum absolute atomic E-state index is 11.0. The molecule has 0 aromatic carbocycles. The summed E-state index contributed by atoms with van der Waals surface area (Å²) in [7, 11) is 0. The number of carbonyl (C=O) groups is 1. The van der Waals surface area contributed by atoms with E-state index in [-0.39, 0.29) is 18.6 Å². The lowest BCUT2D eigenvalue weighted by Gasteiger charge is -2.18. The Kier molecular flexibility index (Phi) is 4.25. The number of aliphatic hydroxyl groups is 1. The number of nitrogens with two attached hydrogens (primary N) is 2. The standard InChI is InChI=1S/C7H16N2O2/c1-2-7(9,11)6(10)4-3-5-8/h11H,2-5,8-9H2,1H3. The third-order valence-corrected chi connectivity index (χ3v) is 1.63. The highest BCUT2D eigenvalue weighted by Crippen LogP contribution is 2.06. The molecule has 0 aromatic heterocycles. The fraction of sp³-hybridized carbons (Fsp3) is 0.857. The van der Waals surface area contributed by atoms with Crippen LogP contribution in [0.5, 0.6) is 0 Å². The van der Waals surface area contributed by atoms with Gasteiger partial charge in [-0.1, -0.05) is 6.92 Å². The molecule has 0 heterocycles. The number of hydrogen-bond acceptors (Lipinski definition) is 4. The van der Waals surface area contributed by atoms with Crippen molar-refractivity contribution < 1.29 is 9.90 Å². The van der Waals surface area contributed by atoms with Gasteiger partial charge in [-0.3, -0.25) is 10.5 Å². The van der Waals surface area contributed by atoms with Crippen LogP contribution in [-0.2, 0) is 4.79 Å². The van der Waals surface area contributed by atoms with Crippen molar-refractivity contribution in [2.45, 2.75) is 31.9 Å². The van der Waals surface area contributed by atoms with Gasteiger partial charge in [0.05, 0.1) is 0 Å². The molecule has 4 heteroatoms. The van der Waals surface area contributed by atoms with E-state index in [0.29, 0.717) is 13.0 Å². The Labute approximate surface area is 66.6 Å². The van der Waals surface area contributed by atoms with Crippen LogP contribution in [0, 0.1) is 0 Å². The molecule has 1 atom stereocenters. The second-order valence-corrected chi connectivity index (χ2v) is 2.59. The summed E-state index contributed by atoms with van der Waals surface area (Å²) in [6.45, 7) is 2.12. The second kappa shape index (κ2) is 4.43. The summed E-state index contributed by atoms with van der Waals surface area (Å²) in [5.41, 5.74) is 8.81. The van der Waals surface area contributed by atoms with E-state index in [9.17, 15) is 9.90 Å². The molecule has 0 amide bonds. The molecule has 0 fully saturated rings. The van der Waals surface area contributed by atoms with Crippen LogP contribution in [-0.4, -0.2) is 23.2 Å². The molecule has 0 rings (SSSR count). The van der Waals surface area contributed by atoms with Gasteiger partial charge in [0.1, 0.15) is 0 Å². The zero-order chi connectivity index (χ0) is 8.91. The first-order chi connectivity index (χ1) is 5.04. The highest BCUT2D eigenvalue weighted by atomic mass is 16.3. The van der Waals surface area contributed by atoms with Crippen molar-refractivity contribution in [2.24, 2.45) is 11.5 Å². The molecule has 5 N–H and O–H groups in total. The van der Waals surface area contributed by atoms with Crippen molar-refractivity contribution in [3.05, 3.63) is 0 Å². The van der Waals surface area contributed by atoms with Crippen LogP contribution in [0.4, 0.5) is 0 Å². The van der Waals surface area contributed by atoms with E-state index < -0.39 is 5.72 Å². The predicted octanol–water partition coefficient (Wildman–Crippen LogP) is -0.648. The van der Waals surface area contributed by atoms with E-state index in [1.54, 1.807) is 6.92 Å². The molecule has 0 spiro atoms. The minimum absolute atomic E-state index is 0.246. The van der Waals surface area contributed by atoms with Crippen molar-refractivity contribution in [3.8, 4) is 0 Å². The van der Waals surface area contributed by atoms with Crippen LogP contribution in [0.1, 0.15) is 26.2 Å². The summed E-state index contributed by atoms with van der Waals surface area (Å²) < 4.78 is 0. The molecule has 0 bridgehead atoms. The van der Waals surface area contributed by atoms with Crippen LogP contribution in [0.3, 0.4) is 0 Å². The molecular weight excluding hydrogens is 144 g/mol. The van der Waals surface area contributed by atoms with E-state index in [0.717, 1.165) is 0 Å². The monoisotopic (exact) mass is 160 g/mol.